The second kappa shape index (κ2) is 7.70. The van der Waals surface area contributed by atoms with Gasteiger partial charge in [0.15, 0.2) is 0 Å². The molecule has 5 heteroatoms. The van der Waals surface area contributed by atoms with Gasteiger partial charge in [0, 0.05) is 24.7 Å². The van der Waals surface area contributed by atoms with E-state index in [0.717, 1.165) is 51.4 Å². The molecule has 19 heavy (non-hydrogen) atoms. The standard InChI is InChI=1S/C14H29N3O2/c1-11(12-5-9-19-10-6-12)16-8-4-7-14(2,3)13(15)17-18/h11-12,16,18H,4-10H2,1-3H3,(H2,15,17). The summed E-state index contributed by atoms with van der Waals surface area (Å²) in [5.41, 5.74) is 5.44. The third kappa shape index (κ3) is 5.37. The van der Waals surface area contributed by atoms with E-state index in [1.54, 1.807) is 0 Å². The van der Waals surface area contributed by atoms with Gasteiger partial charge < -0.3 is 21.0 Å². The molecule has 1 saturated heterocycles. The van der Waals surface area contributed by atoms with Gasteiger partial charge in [-0.25, -0.2) is 0 Å². The Balaban J connectivity index is 2.19. The van der Waals surface area contributed by atoms with Crippen LogP contribution in [-0.4, -0.2) is 36.8 Å². The van der Waals surface area contributed by atoms with Crippen molar-refractivity contribution in [3.05, 3.63) is 0 Å². The average molecular weight is 271 g/mol. The largest absolute Gasteiger partial charge is 0.409 e. The molecule has 4 N–H and O–H groups in total. The summed E-state index contributed by atoms with van der Waals surface area (Å²) in [6.45, 7) is 9.03. The lowest BCUT2D eigenvalue weighted by atomic mass is 9.86. The van der Waals surface area contributed by atoms with E-state index < -0.39 is 0 Å². The minimum Gasteiger partial charge on any atom is -0.409 e. The van der Waals surface area contributed by atoms with Crippen molar-refractivity contribution in [3.8, 4) is 0 Å². The van der Waals surface area contributed by atoms with Crippen LogP contribution in [0.15, 0.2) is 5.16 Å². The Morgan fingerprint density at radius 2 is 2.11 bits per heavy atom. The molecule has 1 aliphatic heterocycles. The second-order valence-electron chi connectivity index (χ2n) is 6.17. The SMILES string of the molecule is CC(NCCCC(C)(C)C(N)=NO)C1CCOCC1. The minimum atomic E-state index is -0.238. The maximum atomic E-state index is 8.72. The van der Waals surface area contributed by atoms with Gasteiger partial charge in [0.05, 0.1) is 0 Å². The fourth-order valence-electron chi connectivity index (χ4n) is 2.51. The highest BCUT2D eigenvalue weighted by Crippen LogP contribution is 2.22. The molecule has 5 nitrogen and oxygen atoms in total. The first-order chi connectivity index (χ1) is 8.97. The maximum absolute atomic E-state index is 8.72. The molecule has 1 rings (SSSR count). The molecule has 0 aromatic carbocycles. The number of rotatable bonds is 7. The van der Waals surface area contributed by atoms with E-state index in [0.29, 0.717) is 11.9 Å². The molecular weight excluding hydrogens is 242 g/mol. The lowest BCUT2D eigenvalue weighted by Crippen LogP contribution is -2.38. The number of nitrogens with one attached hydrogen (secondary N) is 1. The quantitative estimate of drug-likeness (QED) is 0.217. The van der Waals surface area contributed by atoms with Crippen LogP contribution in [-0.2, 0) is 4.74 Å². The van der Waals surface area contributed by atoms with Crippen LogP contribution in [0.2, 0.25) is 0 Å². The molecule has 0 bridgehead atoms. The summed E-state index contributed by atoms with van der Waals surface area (Å²) in [6.07, 6.45) is 4.25. The van der Waals surface area contributed by atoms with Gasteiger partial charge in [0.2, 0.25) is 0 Å². The van der Waals surface area contributed by atoms with E-state index in [2.05, 4.69) is 17.4 Å². The van der Waals surface area contributed by atoms with E-state index in [1.807, 2.05) is 13.8 Å². The molecular formula is C14H29N3O2. The van der Waals surface area contributed by atoms with Crippen molar-refractivity contribution < 1.29 is 9.94 Å². The second-order valence-corrected chi connectivity index (χ2v) is 6.17. The molecule has 1 unspecified atom stereocenters. The number of nitrogens with zero attached hydrogens (tertiary/aromatic N) is 1. The van der Waals surface area contributed by atoms with Crippen LogP contribution in [0.25, 0.3) is 0 Å². The zero-order chi connectivity index (χ0) is 14.3. The van der Waals surface area contributed by atoms with E-state index in [4.69, 9.17) is 15.7 Å². The van der Waals surface area contributed by atoms with E-state index in [1.165, 1.54) is 0 Å². The van der Waals surface area contributed by atoms with Crippen molar-refractivity contribution in [3.63, 3.8) is 0 Å². The highest BCUT2D eigenvalue weighted by Gasteiger charge is 2.23. The molecule has 0 radical (unpaired) electrons. The van der Waals surface area contributed by atoms with E-state index in [-0.39, 0.29) is 5.41 Å². The van der Waals surface area contributed by atoms with Crippen molar-refractivity contribution in [2.75, 3.05) is 19.8 Å². The first kappa shape index (κ1) is 16.2. The fourth-order valence-corrected chi connectivity index (χ4v) is 2.51. The van der Waals surface area contributed by atoms with Crippen LogP contribution < -0.4 is 11.1 Å². The molecule has 112 valence electrons. The maximum Gasteiger partial charge on any atom is 0.144 e. The monoisotopic (exact) mass is 271 g/mol. The van der Waals surface area contributed by atoms with Gasteiger partial charge in [-0.1, -0.05) is 19.0 Å². The van der Waals surface area contributed by atoms with Crippen molar-refractivity contribution in [2.45, 2.75) is 52.5 Å². The molecule has 1 heterocycles. The number of amidine groups is 1. The lowest BCUT2D eigenvalue weighted by Gasteiger charge is -2.29. The van der Waals surface area contributed by atoms with Crippen LogP contribution in [0.1, 0.15) is 46.5 Å². The lowest BCUT2D eigenvalue weighted by molar-refractivity contribution is 0.0559. The predicted octanol–water partition coefficient (Wildman–Crippen LogP) is 1.94. The molecule has 1 atom stereocenters. The minimum absolute atomic E-state index is 0.238. The van der Waals surface area contributed by atoms with Crippen LogP contribution in [0.3, 0.4) is 0 Å². The number of ether oxygens (including phenoxy) is 1. The van der Waals surface area contributed by atoms with Crippen molar-refractivity contribution in [1.29, 1.82) is 0 Å². The van der Waals surface area contributed by atoms with E-state index >= 15 is 0 Å². The van der Waals surface area contributed by atoms with Crippen molar-refractivity contribution in [1.82, 2.24) is 5.32 Å². The van der Waals surface area contributed by atoms with Crippen LogP contribution in [0, 0.1) is 11.3 Å². The summed E-state index contributed by atoms with van der Waals surface area (Å²) in [5.74, 6) is 1.04. The molecule has 0 amide bonds. The van der Waals surface area contributed by atoms with Gasteiger partial charge >= 0.3 is 0 Å². The molecule has 0 aromatic rings. The van der Waals surface area contributed by atoms with Crippen LogP contribution >= 0.6 is 0 Å². The molecule has 0 spiro atoms. The summed E-state index contributed by atoms with van der Waals surface area (Å²) >= 11 is 0. The first-order valence-corrected chi connectivity index (χ1v) is 7.26. The van der Waals surface area contributed by atoms with Crippen molar-refractivity contribution in [2.24, 2.45) is 22.2 Å². The summed E-state index contributed by atoms with van der Waals surface area (Å²) in [7, 11) is 0. The average Bonchev–Trinajstić information content (AvgIpc) is 2.43. The number of hydrogen-bond acceptors (Lipinski definition) is 4. The molecule has 0 saturated carbocycles. The Morgan fingerprint density at radius 1 is 1.47 bits per heavy atom. The molecule has 1 fully saturated rings. The molecule has 0 aromatic heterocycles. The Morgan fingerprint density at radius 3 is 2.68 bits per heavy atom. The third-order valence-corrected chi connectivity index (χ3v) is 4.22. The number of nitrogens with two attached hydrogens (primary N) is 1. The Hall–Kier alpha value is -0.810. The Kier molecular flexibility index (Phi) is 6.58. The van der Waals surface area contributed by atoms with Gasteiger partial charge in [-0.05, 0) is 45.1 Å². The molecule has 1 aliphatic rings. The van der Waals surface area contributed by atoms with Crippen LogP contribution in [0.5, 0.6) is 0 Å². The fraction of sp³-hybridized carbons (Fsp3) is 0.929. The van der Waals surface area contributed by atoms with E-state index in [9.17, 15) is 0 Å². The smallest absolute Gasteiger partial charge is 0.144 e. The number of oxime groups is 1. The summed E-state index contributed by atoms with van der Waals surface area (Å²) in [4.78, 5) is 0. The number of hydrogen-bond donors (Lipinski definition) is 3. The van der Waals surface area contributed by atoms with Gasteiger partial charge in [0.25, 0.3) is 0 Å². The Labute approximate surface area is 116 Å². The van der Waals surface area contributed by atoms with Crippen molar-refractivity contribution >= 4 is 5.84 Å². The van der Waals surface area contributed by atoms with Gasteiger partial charge in [0.1, 0.15) is 5.84 Å². The summed E-state index contributed by atoms with van der Waals surface area (Å²) in [5, 5.41) is 15.4. The van der Waals surface area contributed by atoms with Crippen LogP contribution in [0.4, 0.5) is 0 Å². The third-order valence-electron chi connectivity index (χ3n) is 4.22. The zero-order valence-electron chi connectivity index (χ0n) is 12.5. The normalized spacial score (nSPS) is 20.5. The van der Waals surface area contributed by atoms with Gasteiger partial charge in [-0.15, -0.1) is 0 Å². The Bertz CT molecular complexity index is 286. The molecule has 0 aliphatic carbocycles. The highest BCUT2D eigenvalue weighted by atomic mass is 16.5. The zero-order valence-corrected chi connectivity index (χ0v) is 12.5. The highest BCUT2D eigenvalue weighted by molar-refractivity contribution is 5.85. The summed E-state index contributed by atoms with van der Waals surface area (Å²) in [6, 6.07) is 0.538. The van der Waals surface area contributed by atoms with Gasteiger partial charge in [-0.3, -0.25) is 0 Å². The summed E-state index contributed by atoms with van der Waals surface area (Å²) < 4.78 is 5.38. The predicted molar refractivity (Wildman–Crippen MR) is 77.4 cm³/mol. The first-order valence-electron chi connectivity index (χ1n) is 7.26. The van der Waals surface area contributed by atoms with Gasteiger partial charge in [-0.2, -0.15) is 0 Å². The topological polar surface area (TPSA) is 79.9 Å².